The van der Waals surface area contributed by atoms with Crippen LogP contribution in [0, 0.1) is 0 Å². The van der Waals surface area contributed by atoms with Gasteiger partial charge >= 0.3 is 0 Å². The average Bonchev–Trinajstić information content (AvgIpc) is 3.01. The Morgan fingerprint density at radius 1 is 1.12 bits per heavy atom. The number of sulfonamides is 1. The highest BCUT2D eigenvalue weighted by Crippen LogP contribution is 2.19. The van der Waals surface area contributed by atoms with Crippen molar-refractivity contribution in [3.05, 3.63) is 70.4 Å². The summed E-state index contributed by atoms with van der Waals surface area (Å²) in [6.45, 7) is 0.157. The molecule has 0 aliphatic rings. The number of aromatic nitrogens is 2. The third-order valence-corrected chi connectivity index (χ3v) is 5.36. The second-order valence-corrected chi connectivity index (χ2v) is 8.09. The van der Waals surface area contributed by atoms with Crippen LogP contribution >= 0.6 is 27.5 Å². The van der Waals surface area contributed by atoms with Crippen LogP contribution in [0.15, 0.2) is 70.3 Å². The number of hydrogen-bond acceptors (Lipinski definition) is 4. The second kappa shape index (κ2) is 7.47. The van der Waals surface area contributed by atoms with E-state index in [-0.39, 0.29) is 11.6 Å². The highest BCUT2D eigenvalue weighted by atomic mass is 79.9. The van der Waals surface area contributed by atoms with Gasteiger partial charge in [-0.25, -0.2) is 13.1 Å². The molecular weight excluding hydrogens is 430 g/mol. The largest absolute Gasteiger partial charge is 0.471 e. The Hall–Kier alpha value is -2.03. The SMILES string of the molecule is O=S(=O)(Nc1cnn(COc2ccc(Br)cc2)c1)c1ccc(Cl)cc1. The number of nitrogens with one attached hydrogen (secondary N) is 1. The maximum Gasteiger partial charge on any atom is 0.261 e. The first-order valence-electron chi connectivity index (χ1n) is 7.12. The van der Waals surface area contributed by atoms with Crippen LogP contribution in [-0.2, 0) is 16.8 Å². The van der Waals surface area contributed by atoms with E-state index in [0.29, 0.717) is 16.5 Å². The fraction of sp³-hybridized carbons (Fsp3) is 0.0625. The lowest BCUT2D eigenvalue weighted by Crippen LogP contribution is -2.12. The Morgan fingerprint density at radius 3 is 2.48 bits per heavy atom. The van der Waals surface area contributed by atoms with E-state index in [1.165, 1.54) is 35.1 Å². The molecule has 3 aromatic rings. The molecule has 0 saturated carbocycles. The van der Waals surface area contributed by atoms with Crippen LogP contribution in [0.2, 0.25) is 5.02 Å². The van der Waals surface area contributed by atoms with Gasteiger partial charge in [0.1, 0.15) is 5.75 Å². The number of anilines is 1. The number of rotatable bonds is 6. The van der Waals surface area contributed by atoms with E-state index in [1.807, 2.05) is 24.3 Å². The van der Waals surface area contributed by atoms with Gasteiger partial charge in [-0.15, -0.1) is 0 Å². The normalized spacial score (nSPS) is 11.3. The molecule has 0 bridgehead atoms. The Kier molecular flexibility index (Phi) is 5.31. The summed E-state index contributed by atoms with van der Waals surface area (Å²) in [5, 5.41) is 4.54. The smallest absolute Gasteiger partial charge is 0.261 e. The van der Waals surface area contributed by atoms with Crippen LogP contribution in [0.1, 0.15) is 0 Å². The summed E-state index contributed by atoms with van der Waals surface area (Å²) >= 11 is 9.12. The molecule has 0 radical (unpaired) electrons. The van der Waals surface area contributed by atoms with Gasteiger partial charge < -0.3 is 4.74 Å². The number of halogens is 2. The van der Waals surface area contributed by atoms with Gasteiger partial charge in [-0.1, -0.05) is 27.5 Å². The van der Waals surface area contributed by atoms with Crippen LogP contribution in [0.5, 0.6) is 5.75 Å². The first-order chi connectivity index (χ1) is 11.9. The van der Waals surface area contributed by atoms with Gasteiger partial charge in [-0.3, -0.25) is 4.72 Å². The predicted octanol–water partition coefficient (Wildman–Crippen LogP) is 4.14. The Labute approximate surface area is 158 Å². The second-order valence-electron chi connectivity index (χ2n) is 5.06. The van der Waals surface area contributed by atoms with Crippen LogP contribution in [0.4, 0.5) is 5.69 Å². The van der Waals surface area contributed by atoms with Crippen LogP contribution in [-0.4, -0.2) is 18.2 Å². The maximum atomic E-state index is 12.3. The first kappa shape index (κ1) is 17.8. The van der Waals surface area contributed by atoms with Gasteiger partial charge in [0, 0.05) is 9.50 Å². The fourth-order valence-electron chi connectivity index (χ4n) is 1.99. The molecule has 0 atom stereocenters. The lowest BCUT2D eigenvalue weighted by Gasteiger charge is -2.07. The molecule has 3 rings (SSSR count). The van der Waals surface area contributed by atoms with E-state index in [4.69, 9.17) is 16.3 Å². The van der Waals surface area contributed by atoms with Gasteiger partial charge in [-0.2, -0.15) is 5.10 Å². The quantitative estimate of drug-likeness (QED) is 0.623. The number of nitrogens with zero attached hydrogens (tertiary/aromatic N) is 2. The zero-order valence-electron chi connectivity index (χ0n) is 12.8. The minimum Gasteiger partial charge on any atom is -0.471 e. The van der Waals surface area contributed by atoms with E-state index < -0.39 is 10.0 Å². The van der Waals surface area contributed by atoms with Crippen LogP contribution in [0.25, 0.3) is 0 Å². The lowest BCUT2D eigenvalue weighted by molar-refractivity contribution is 0.221. The minimum absolute atomic E-state index is 0.121. The van der Waals surface area contributed by atoms with Crippen molar-refractivity contribution in [1.82, 2.24) is 9.78 Å². The highest BCUT2D eigenvalue weighted by Gasteiger charge is 2.15. The summed E-state index contributed by atoms with van der Waals surface area (Å²) in [7, 11) is -3.70. The summed E-state index contributed by atoms with van der Waals surface area (Å²) in [5.41, 5.74) is 0.342. The van der Waals surface area contributed by atoms with Crippen molar-refractivity contribution >= 4 is 43.2 Å². The van der Waals surface area contributed by atoms with Gasteiger partial charge in [0.2, 0.25) is 0 Å². The Bertz CT molecular complexity index is 957. The third-order valence-electron chi connectivity index (χ3n) is 3.19. The van der Waals surface area contributed by atoms with Crippen molar-refractivity contribution in [2.24, 2.45) is 0 Å². The molecule has 0 aliphatic carbocycles. The molecule has 2 aromatic carbocycles. The highest BCUT2D eigenvalue weighted by molar-refractivity contribution is 9.10. The zero-order valence-corrected chi connectivity index (χ0v) is 15.9. The molecule has 1 heterocycles. The molecule has 0 fully saturated rings. The molecule has 0 spiro atoms. The predicted molar refractivity (Wildman–Crippen MR) is 99.3 cm³/mol. The van der Waals surface area contributed by atoms with Crippen molar-refractivity contribution < 1.29 is 13.2 Å². The van der Waals surface area contributed by atoms with E-state index >= 15 is 0 Å². The van der Waals surface area contributed by atoms with Gasteiger partial charge in [-0.05, 0) is 48.5 Å². The van der Waals surface area contributed by atoms with Crippen molar-refractivity contribution in [2.45, 2.75) is 11.6 Å². The molecule has 9 heteroatoms. The summed E-state index contributed by atoms with van der Waals surface area (Å²) < 4.78 is 35.1. The summed E-state index contributed by atoms with van der Waals surface area (Å²) in [6, 6.07) is 13.3. The summed E-state index contributed by atoms with van der Waals surface area (Å²) in [5.74, 6) is 0.682. The topological polar surface area (TPSA) is 73.2 Å². The third kappa shape index (κ3) is 4.75. The summed E-state index contributed by atoms with van der Waals surface area (Å²) in [6.07, 6.45) is 2.96. The van der Waals surface area contributed by atoms with E-state index in [9.17, 15) is 8.42 Å². The lowest BCUT2D eigenvalue weighted by atomic mass is 10.3. The van der Waals surface area contributed by atoms with Crippen molar-refractivity contribution in [2.75, 3.05) is 4.72 Å². The monoisotopic (exact) mass is 441 g/mol. The van der Waals surface area contributed by atoms with Crippen molar-refractivity contribution in [3.63, 3.8) is 0 Å². The van der Waals surface area contributed by atoms with Gasteiger partial charge in [0.15, 0.2) is 6.73 Å². The Balaban J connectivity index is 1.64. The van der Waals surface area contributed by atoms with E-state index in [2.05, 4.69) is 25.8 Å². The Morgan fingerprint density at radius 2 is 1.80 bits per heavy atom. The summed E-state index contributed by atoms with van der Waals surface area (Å²) in [4.78, 5) is 0.121. The molecular formula is C16H13BrClN3O3S. The van der Waals surface area contributed by atoms with Crippen molar-refractivity contribution in [1.29, 1.82) is 0 Å². The molecule has 25 heavy (non-hydrogen) atoms. The first-order valence-corrected chi connectivity index (χ1v) is 9.77. The molecule has 0 amide bonds. The molecule has 1 N–H and O–H groups in total. The van der Waals surface area contributed by atoms with Crippen molar-refractivity contribution in [3.8, 4) is 5.75 Å². The average molecular weight is 443 g/mol. The molecule has 130 valence electrons. The molecule has 0 unspecified atom stereocenters. The molecule has 0 saturated heterocycles. The van der Waals surface area contributed by atoms with E-state index in [1.54, 1.807) is 6.20 Å². The van der Waals surface area contributed by atoms with Crippen LogP contribution < -0.4 is 9.46 Å². The number of benzene rings is 2. The van der Waals surface area contributed by atoms with E-state index in [0.717, 1.165) is 4.47 Å². The minimum atomic E-state index is -3.70. The number of hydrogen-bond donors (Lipinski definition) is 1. The fourth-order valence-corrected chi connectivity index (χ4v) is 3.40. The maximum absolute atomic E-state index is 12.3. The zero-order chi connectivity index (χ0) is 17.9. The molecule has 0 aliphatic heterocycles. The number of ether oxygens (including phenoxy) is 1. The molecule has 1 aromatic heterocycles. The van der Waals surface area contributed by atoms with Crippen LogP contribution in [0.3, 0.4) is 0 Å². The van der Waals surface area contributed by atoms with Gasteiger partial charge in [0.05, 0.1) is 23.0 Å². The standard InChI is InChI=1S/C16H13BrClN3O3S/c17-12-1-5-15(6-2-12)24-11-21-10-14(9-19-21)20-25(22,23)16-7-3-13(18)4-8-16/h1-10,20H,11H2. The van der Waals surface area contributed by atoms with Gasteiger partial charge in [0.25, 0.3) is 10.0 Å². The molecule has 6 nitrogen and oxygen atoms in total.